The average molecular weight is 802 g/mol. The van der Waals surface area contributed by atoms with Crippen LogP contribution in [0.2, 0.25) is 0 Å². The predicted octanol–water partition coefficient (Wildman–Crippen LogP) is 18.9. The summed E-state index contributed by atoms with van der Waals surface area (Å²) >= 11 is 0. The molecule has 56 heavy (non-hydrogen) atoms. The number of hydrogen-bond donors (Lipinski definition) is 1. The van der Waals surface area contributed by atoms with Gasteiger partial charge in [-0.25, -0.2) is 4.52 Å². The Morgan fingerprint density at radius 3 is 0.875 bits per heavy atom. The molecule has 0 aliphatic carbocycles. The van der Waals surface area contributed by atoms with E-state index in [1.807, 2.05) is 0 Å². The lowest BCUT2D eigenvalue weighted by Crippen LogP contribution is -2.26. The summed E-state index contributed by atoms with van der Waals surface area (Å²) in [5.74, 6) is 0.615. The molecular formula is C52H98O3P+. The third-order valence-corrected chi connectivity index (χ3v) is 13.1. The minimum Gasteiger partial charge on any atom is -0.229 e. The Morgan fingerprint density at radius 2 is 0.661 bits per heavy atom. The van der Waals surface area contributed by atoms with E-state index in [2.05, 4.69) is 74.4 Å². The Kier molecular flexibility index (Phi) is 30.3. The summed E-state index contributed by atoms with van der Waals surface area (Å²) in [4.78, 5) is 9.92. The normalized spacial score (nSPS) is 12.8. The molecule has 0 amide bonds. The molecule has 1 aromatic carbocycles. The molecule has 1 N–H and O–H groups in total. The van der Waals surface area contributed by atoms with E-state index in [1.165, 1.54) is 224 Å². The van der Waals surface area contributed by atoms with Gasteiger partial charge in [-0.3, -0.25) is 0 Å². The lowest BCUT2D eigenvalue weighted by molar-refractivity contribution is 0.358. The van der Waals surface area contributed by atoms with Crippen molar-refractivity contribution in [2.45, 2.75) is 297 Å². The minimum absolute atomic E-state index is 0.0753. The average Bonchev–Trinajstić information content (AvgIpc) is 3.13. The topological polar surface area (TPSA) is 46.5 Å². The summed E-state index contributed by atoms with van der Waals surface area (Å²) < 4.78 is 17.8. The Labute approximate surface area is 352 Å². The standard InChI is InChI=1S/C52H97O3P/c1-10-12-14-16-18-20-22-24-26-28-30-32-34-36-38-40-42-52(9,43-41-39-37-35-33-31-29-27-25-23-21-19-17-15-13-11-2)46-44-47(50(3,4)5)49(55-56(53)54)48(45-46)51(6,7)8/h44-45H,10-43H2,1-9H3/p+1. The van der Waals surface area contributed by atoms with Crippen LogP contribution in [0.3, 0.4) is 0 Å². The highest BCUT2D eigenvalue weighted by Crippen LogP contribution is 2.47. The van der Waals surface area contributed by atoms with Crippen LogP contribution in [-0.2, 0) is 20.8 Å². The zero-order valence-corrected chi connectivity index (χ0v) is 40.3. The van der Waals surface area contributed by atoms with Gasteiger partial charge in [0, 0.05) is 15.7 Å². The van der Waals surface area contributed by atoms with Crippen molar-refractivity contribution in [1.29, 1.82) is 0 Å². The van der Waals surface area contributed by atoms with Crippen molar-refractivity contribution < 1.29 is 14.0 Å². The van der Waals surface area contributed by atoms with Crippen molar-refractivity contribution in [2.75, 3.05) is 0 Å². The molecule has 1 atom stereocenters. The summed E-state index contributed by atoms with van der Waals surface area (Å²) in [6.07, 6.45) is 47.1. The maximum atomic E-state index is 12.1. The zero-order valence-electron chi connectivity index (χ0n) is 39.4. The molecule has 328 valence electrons. The van der Waals surface area contributed by atoms with Crippen molar-refractivity contribution in [2.24, 2.45) is 0 Å². The van der Waals surface area contributed by atoms with Crippen LogP contribution < -0.4 is 4.52 Å². The number of benzene rings is 1. The summed E-state index contributed by atoms with van der Waals surface area (Å²) in [5, 5.41) is 0. The molecule has 3 nitrogen and oxygen atoms in total. The van der Waals surface area contributed by atoms with Gasteiger partial charge in [0.05, 0.1) is 0 Å². The van der Waals surface area contributed by atoms with Gasteiger partial charge in [0.15, 0.2) is 5.75 Å². The van der Waals surface area contributed by atoms with E-state index < -0.39 is 8.25 Å². The molecule has 1 aromatic rings. The van der Waals surface area contributed by atoms with E-state index in [9.17, 15) is 9.46 Å². The first-order valence-corrected chi connectivity index (χ1v) is 25.9. The second-order valence-electron chi connectivity index (χ2n) is 20.4. The number of unbranched alkanes of at least 4 members (excludes halogenated alkanes) is 30. The highest BCUT2D eigenvalue weighted by Gasteiger charge is 2.36. The molecule has 1 rings (SSSR count). The number of rotatable bonds is 37. The van der Waals surface area contributed by atoms with Gasteiger partial charge in [-0.05, 0) is 34.7 Å². The summed E-state index contributed by atoms with van der Waals surface area (Å²) in [5.41, 5.74) is 3.17. The van der Waals surface area contributed by atoms with Gasteiger partial charge in [0.1, 0.15) is 0 Å². The second kappa shape index (κ2) is 31.9. The van der Waals surface area contributed by atoms with Crippen LogP contribution in [-0.4, -0.2) is 4.89 Å². The molecule has 1 unspecified atom stereocenters. The summed E-state index contributed by atoms with van der Waals surface area (Å²) in [6.45, 7) is 20.4. The Bertz CT molecular complexity index is 1030. The molecule has 0 aliphatic rings. The van der Waals surface area contributed by atoms with Crippen molar-refractivity contribution in [1.82, 2.24) is 0 Å². The van der Waals surface area contributed by atoms with Crippen LogP contribution in [0.5, 0.6) is 5.75 Å². The molecular weight excluding hydrogens is 704 g/mol. The van der Waals surface area contributed by atoms with Crippen LogP contribution in [0.15, 0.2) is 12.1 Å². The van der Waals surface area contributed by atoms with Crippen molar-refractivity contribution in [3.63, 3.8) is 0 Å². The molecule has 0 aromatic heterocycles. The fraction of sp³-hybridized carbons (Fsp3) is 0.885. The van der Waals surface area contributed by atoms with E-state index >= 15 is 0 Å². The van der Waals surface area contributed by atoms with Gasteiger partial charge in [0.2, 0.25) is 0 Å². The van der Waals surface area contributed by atoms with Crippen LogP contribution in [0.4, 0.5) is 0 Å². The molecule has 0 saturated carbocycles. The van der Waals surface area contributed by atoms with Gasteiger partial charge >= 0.3 is 8.25 Å². The van der Waals surface area contributed by atoms with Gasteiger partial charge < -0.3 is 0 Å². The fourth-order valence-corrected chi connectivity index (χ4v) is 9.16. The van der Waals surface area contributed by atoms with Gasteiger partial charge in [-0.1, -0.05) is 280 Å². The molecule has 0 spiro atoms. The Balaban J connectivity index is 2.71. The van der Waals surface area contributed by atoms with E-state index in [0.29, 0.717) is 5.75 Å². The molecule has 0 bridgehead atoms. The summed E-state index contributed by atoms with van der Waals surface area (Å²) in [6, 6.07) is 4.70. The second-order valence-corrected chi connectivity index (χ2v) is 21.1. The first kappa shape index (κ1) is 53.1. The predicted molar refractivity (Wildman–Crippen MR) is 250 cm³/mol. The van der Waals surface area contributed by atoms with Crippen LogP contribution in [0, 0.1) is 0 Å². The third-order valence-electron chi connectivity index (χ3n) is 12.7. The van der Waals surface area contributed by atoms with Gasteiger partial charge in [-0.15, -0.1) is 4.89 Å². The van der Waals surface area contributed by atoms with Crippen LogP contribution in [0.25, 0.3) is 0 Å². The number of hydrogen-bond acceptors (Lipinski definition) is 2. The highest BCUT2D eigenvalue weighted by atomic mass is 31.1. The monoisotopic (exact) mass is 802 g/mol. The quantitative estimate of drug-likeness (QED) is 0.0538. The Hall–Kier alpha value is -0.920. The molecule has 4 heteroatoms. The van der Waals surface area contributed by atoms with Crippen LogP contribution in [0.1, 0.15) is 297 Å². The SMILES string of the molecule is CCCCCCCCCCCCCCCCCCC(C)(CCCCCCCCCCCCCCCCCC)c1cc(C(C)(C)C)c(O[P+](=O)O)c(C(C)(C)C)c1. The van der Waals surface area contributed by atoms with Crippen LogP contribution >= 0.6 is 8.25 Å². The maximum Gasteiger partial charge on any atom is 0.747 e. The first-order chi connectivity index (χ1) is 26.8. The molecule has 0 heterocycles. The minimum atomic E-state index is -2.74. The first-order valence-electron chi connectivity index (χ1n) is 24.8. The Morgan fingerprint density at radius 1 is 0.429 bits per heavy atom. The lowest BCUT2D eigenvalue weighted by Gasteiger charge is -2.35. The third kappa shape index (κ3) is 25.5. The van der Waals surface area contributed by atoms with E-state index in [1.54, 1.807) is 0 Å². The van der Waals surface area contributed by atoms with Gasteiger partial charge in [0.25, 0.3) is 0 Å². The largest absolute Gasteiger partial charge is 0.747 e. The van der Waals surface area contributed by atoms with Crippen molar-refractivity contribution in [3.05, 3.63) is 28.8 Å². The van der Waals surface area contributed by atoms with Crippen molar-refractivity contribution in [3.8, 4) is 5.75 Å². The molecule has 0 saturated heterocycles. The van der Waals surface area contributed by atoms with E-state index in [-0.39, 0.29) is 16.2 Å². The van der Waals surface area contributed by atoms with Gasteiger partial charge in [-0.2, -0.15) is 0 Å². The molecule has 0 aliphatic heterocycles. The fourth-order valence-electron chi connectivity index (χ4n) is 8.81. The van der Waals surface area contributed by atoms with E-state index in [0.717, 1.165) is 11.1 Å². The highest BCUT2D eigenvalue weighted by molar-refractivity contribution is 7.32. The smallest absolute Gasteiger partial charge is 0.229 e. The van der Waals surface area contributed by atoms with E-state index in [4.69, 9.17) is 4.52 Å². The lowest BCUT2D eigenvalue weighted by atomic mass is 9.70. The van der Waals surface area contributed by atoms with Crippen molar-refractivity contribution >= 4 is 8.25 Å². The summed E-state index contributed by atoms with van der Waals surface area (Å²) in [7, 11) is -2.74. The maximum absolute atomic E-state index is 12.1. The zero-order chi connectivity index (χ0) is 41.5. The molecule has 0 fully saturated rings. The molecule has 0 radical (unpaired) electrons.